The molecule has 172 valence electrons. The van der Waals surface area contributed by atoms with Crippen molar-refractivity contribution in [2.75, 3.05) is 57.8 Å². The normalized spacial score (nSPS) is 15.2. The number of anilines is 1. The van der Waals surface area contributed by atoms with E-state index in [1.807, 2.05) is 26.8 Å². The summed E-state index contributed by atoms with van der Waals surface area (Å²) in [6.45, 7) is 11.2. The third-order valence-corrected chi connectivity index (χ3v) is 4.85. The Hall–Kier alpha value is -2.68. The number of likely N-dealkylation sites (N-methyl/N-ethyl adjacent to an activating group) is 1. The second-order valence-corrected chi connectivity index (χ2v) is 8.79. The van der Waals surface area contributed by atoms with Crippen LogP contribution in [0.25, 0.3) is 0 Å². The van der Waals surface area contributed by atoms with Crippen molar-refractivity contribution < 1.29 is 19.1 Å². The van der Waals surface area contributed by atoms with Gasteiger partial charge in [-0.25, -0.2) is 9.78 Å². The van der Waals surface area contributed by atoms with Crippen LogP contribution in [-0.4, -0.2) is 91.0 Å². The molecule has 1 aromatic rings. The Balaban J connectivity index is 1.85. The van der Waals surface area contributed by atoms with Gasteiger partial charge in [0.2, 0.25) is 11.8 Å². The van der Waals surface area contributed by atoms with Gasteiger partial charge in [0.05, 0.1) is 25.3 Å². The molecule has 9 heteroatoms. The lowest BCUT2D eigenvalue weighted by Crippen LogP contribution is -2.48. The summed E-state index contributed by atoms with van der Waals surface area (Å²) >= 11 is 0. The SMILES string of the molecule is CCOC(=O)c1ccc(N2CCCN(CC(=O)N(C)CC(=O)NC(C)(C)C)CC2)nc1. The van der Waals surface area contributed by atoms with Crippen LogP contribution in [0.5, 0.6) is 0 Å². The van der Waals surface area contributed by atoms with E-state index >= 15 is 0 Å². The van der Waals surface area contributed by atoms with Crippen LogP contribution in [0.4, 0.5) is 5.82 Å². The van der Waals surface area contributed by atoms with Crippen molar-refractivity contribution in [3.8, 4) is 0 Å². The second kappa shape index (κ2) is 11.1. The largest absolute Gasteiger partial charge is 0.462 e. The first-order valence-corrected chi connectivity index (χ1v) is 10.7. The highest BCUT2D eigenvalue weighted by atomic mass is 16.5. The quantitative estimate of drug-likeness (QED) is 0.645. The van der Waals surface area contributed by atoms with E-state index in [1.54, 1.807) is 20.0 Å². The minimum atomic E-state index is -0.373. The molecule has 0 spiro atoms. The number of nitrogens with one attached hydrogen (secondary N) is 1. The van der Waals surface area contributed by atoms with Gasteiger partial charge in [-0.2, -0.15) is 0 Å². The molecule has 1 aliphatic heterocycles. The molecule has 2 amide bonds. The van der Waals surface area contributed by atoms with E-state index in [9.17, 15) is 14.4 Å². The molecule has 0 aliphatic carbocycles. The average molecular weight is 434 g/mol. The zero-order valence-electron chi connectivity index (χ0n) is 19.3. The molecule has 31 heavy (non-hydrogen) atoms. The number of rotatable bonds is 7. The fraction of sp³-hybridized carbons (Fsp3) is 0.636. The van der Waals surface area contributed by atoms with Crippen molar-refractivity contribution in [2.45, 2.75) is 39.7 Å². The Morgan fingerprint density at radius 2 is 1.90 bits per heavy atom. The van der Waals surface area contributed by atoms with E-state index in [2.05, 4.69) is 20.1 Å². The summed E-state index contributed by atoms with van der Waals surface area (Å²) in [5.41, 5.74) is 0.115. The number of esters is 1. The van der Waals surface area contributed by atoms with Gasteiger partial charge in [0.15, 0.2) is 0 Å². The highest BCUT2D eigenvalue weighted by molar-refractivity contribution is 5.89. The fourth-order valence-electron chi connectivity index (χ4n) is 3.34. The summed E-state index contributed by atoms with van der Waals surface area (Å²) in [4.78, 5) is 46.5. The van der Waals surface area contributed by atoms with Crippen LogP contribution in [0.1, 0.15) is 44.5 Å². The number of nitrogens with zero attached hydrogens (tertiary/aromatic N) is 4. The number of hydrogen-bond donors (Lipinski definition) is 1. The van der Waals surface area contributed by atoms with Crippen LogP contribution >= 0.6 is 0 Å². The molecule has 0 atom stereocenters. The summed E-state index contributed by atoms with van der Waals surface area (Å²) in [6.07, 6.45) is 2.43. The summed E-state index contributed by atoms with van der Waals surface area (Å²) < 4.78 is 4.99. The molecule has 2 rings (SSSR count). The number of amides is 2. The van der Waals surface area contributed by atoms with Crippen molar-refractivity contribution in [1.29, 1.82) is 0 Å². The molecular formula is C22H35N5O4. The summed E-state index contributed by atoms with van der Waals surface area (Å²) in [5.74, 6) is 0.191. The van der Waals surface area contributed by atoms with Crippen molar-refractivity contribution in [2.24, 2.45) is 0 Å². The fourth-order valence-corrected chi connectivity index (χ4v) is 3.34. The maximum absolute atomic E-state index is 12.6. The lowest BCUT2D eigenvalue weighted by atomic mass is 10.1. The topological polar surface area (TPSA) is 95.1 Å². The Morgan fingerprint density at radius 1 is 1.16 bits per heavy atom. The molecule has 2 heterocycles. The van der Waals surface area contributed by atoms with Crippen LogP contribution < -0.4 is 10.2 Å². The maximum atomic E-state index is 12.6. The van der Waals surface area contributed by atoms with E-state index < -0.39 is 0 Å². The third kappa shape index (κ3) is 8.16. The van der Waals surface area contributed by atoms with Gasteiger partial charge in [-0.15, -0.1) is 0 Å². The number of aromatic nitrogens is 1. The lowest BCUT2D eigenvalue weighted by Gasteiger charge is -2.26. The van der Waals surface area contributed by atoms with E-state index in [-0.39, 0.29) is 36.4 Å². The van der Waals surface area contributed by atoms with Crippen molar-refractivity contribution in [3.63, 3.8) is 0 Å². The molecule has 1 N–H and O–H groups in total. The lowest BCUT2D eigenvalue weighted by molar-refractivity contribution is -0.136. The van der Waals surface area contributed by atoms with Gasteiger partial charge in [0.1, 0.15) is 5.82 Å². The Labute approximate surface area is 184 Å². The van der Waals surface area contributed by atoms with Gasteiger partial charge in [-0.1, -0.05) is 0 Å². The second-order valence-electron chi connectivity index (χ2n) is 8.79. The van der Waals surface area contributed by atoms with E-state index in [4.69, 9.17) is 4.74 Å². The monoisotopic (exact) mass is 433 g/mol. The Morgan fingerprint density at radius 3 is 2.52 bits per heavy atom. The van der Waals surface area contributed by atoms with Crippen LogP contribution in [0.3, 0.4) is 0 Å². The molecule has 1 saturated heterocycles. The molecule has 1 aromatic heterocycles. The van der Waals surface area contributed by atoms with Gasteiger partial charge >= 0.3 is 5.97 Å². The van der Waals surface area contributed by atoms with Gasteiger partial charge in [0.25, 0.3) is 0 Å². The van der Waals surface area contributed by atoms with Gasteiger partial charge in [-0.05, 0) is 46.2 Å². The summed E-state index contributed by atoms with van der Waals surface area (Å²) in [5, 5.41) is 2.87. The van der Waals surface area contributed by atoms with Gasteiger partial charge in [0, 0.05) is 45.0 Å². The standard InChI is InChI=1S/C22H35N5O4/c1-6-31-21(30)17-8-9-18(23-14-17)27-11-7-10-26(12-13-27)16-20(29)25(5)15-19(28)24-22(2,3)4/h8-9,14H,6-7,10-13,15-16H2,1-5H3,(H,24,28). The molecule has 0 bridgehead atoms. The first kappa shape index (κ1) is 24.6. The van der Waals surface area contributed by atoms with Gasteiger partial charge < -0.3 is 19.9 Å². The van der Waals surface area contributed by atoms with Crippen LogP contribution in [-0.2, 0) is 14.3 Å². The van der Waals surface area contributed by atoms with Crippen LogP contribution in [0.2, 0.25) is 0 Å². The number of hydrogen-bond acceptors (Lipinski definition) is 7. The molecule has 0 radical (unpaired) electrons. The highest BCUT2D eigenvalue weighted by Crippen LogP contribution is 2.15. The van der Waals surface area contributed by atoms with E-state index in [0.717, 1.165) is 38.4 Å². The molecule has 0 saturated carbocycles. The first-order chi connectivity index (χ1) is 14.6. The zero-order chi connectivity index (χ0) is 23.0. The smallest absolute Gasteiger partial charge is 0.339 e. The number of ether oxygens (including phenoxy) is 1. The maximum Gasteiger partial charge on any atom is 0.339 e. The zero-order valence-corrected chi connectivity index (χ0v) is 19.3. The number of carbonyl (C=O) groups excluding carboxylic acids is 3. The van der Waals surface area contributed by atoms with E-state index in [1.165, 1.54) is 11.1 Å². The molecular weight excluding hydrogens is 398 g/mol. The van der Waals surface area contributed by atoms with Crippen molar-refractivity contribution in [1.82, 2.24) is 20.1 Å². The van der Waals surface area contributed by atoms with E-state index in [0.29, 0.717) is 12.2 Å². The molecule has 1 fully saturated rings. The summed E-state index contributed by atoms with van der Waals surface area (Å²) in [7, 11) is 1.66. The number of carbonyl (C=O) groups is 3. The Bertz CT molecular complexity index is 760. The van der Waals surface area contributed by atoms with Crippen LogP contribution in [0.15, 0.2) is 18.3 Å². The predicted octanol–water partition coefficient (Wildman–Crippen LogP) is 1.14. The predicted molar refractivity (Wildman–Crippen MR) is 119 cm³/mol. The first-order valence-electron chi connectivity index (χ1n) is 10.7. The van der Waals surface area contributed by atoms with Crippen molar-refractivity contribution >= 4 is 23.6 Å². The minimum Gasteiger partial charge on any atom is -0.462 e. The number of pyridine rings is 1. The molecule has 0 aromatic carbocycles. The third-order valence-electron chi connectivity index (χ3n) is 4.85. The molecule has 0 unspecified atom stereocenters. The molecule has 9 nitrogen and oxygen atoms in total. The van der Waals surface area contributed by atoms with Crippen LogP contribution in [0, 0.1) is 0 Å². The average Bonchev–Trinajstić information content (AvgIpc) is 2.92. The summed E-state index contributed by atoms with van der Waals surface area (Å²) in [6, 6.07) is 3.55. The van der Waals surface area contributed by atoms with Gasteiger partial charge in [-0.3, -0.25) is 14.5 Å². The van der Waals surface area contributed by atoms with Crippen molar-refractivity contribution in [3.05, 3.63) is 23.9 Å². The minimum absolute atomic E-state index is 0.0484. The molecule has 1 aliphatic rings. The Kier molecular flexibility index (Phi) is 8.79. The highest BCUT2D eigenvalue weighted by Gasteiger charge is 2.22.